The third kappa shape index (κ3) is 4.67. The minimum Gasteiger partial charge on any atom is -0.271 e. The number of aryl methyl sites for hydroxylation is 1. The van der Waals surface area contributed by atoms with Crippen molar-refractivity contribution in [2.24, 2.45) is 5.84 Å². The number of nitrogens with two attached hydrogens (primary N) is 1. The summed E-state index contributed by atoms with van der Waals surface area (Å²) in [7, 11) is 0. The van der Waals surface area contributed by atoms with E-state index in [0.29, 0.717) is 6.42 Å². The van der Waals surface area contributed by atoms with Crippen LogP contribution in [0.15, 0.2) is 47.1 Å². The maximum absolute atomic E-state index is 13.3. The van der Waals surface area contributed by atoms with Gasteiger partial charge in [0.05, 0.1) is 0 Å². The van der Waals surface area contributed by atoms with Gasteiger partial charge in [0.2, 0.25) is 0 Å². The van der Waals surface area contributed by atoms with Gasteiger partial charge in [-0.05, 0) is 55.2 Å². The monoisotopic (exact) mass is 337 g/mol. The van der Waals surface area contributed by atoms with Crippen LogP contribution in [0.1, 0.15) is 17.7 Å². The maximum atomic E-state index is 13.3. The predicted octanol–water partition coefficient (Wildman–Crippen LogP) is 2.99. The van der Waals surface area contributed by atoms with Crippen molar-refractivity contribution >= 4 is 15.9 Å². The van der Waals surface area contributed by atoms with Gasteiger partial charge >= 0.3 is 0 Å². The van der Waals surface area contributed by atoms with Crippen molar-refractivity contribution in [2.75, 3.05) is 0 Å². The highest BCUT2D eigenvalue weighted by atomic mass is 79.9. The van der Waals surface area contributed by atoms with Crippen LogP contribution < -0.4 is 11.3 Å². The first-order chi connectivity index (χ1) is 9.67. The molecule has 0 spiro atoms. The first kappa shape index (κ1) is 15.1. The van der Waals surface area contributed by atoms with Crippen molar-refractivity contribution in [3.63, 3.8) is 0 Å². The van der Waals surface area contributed by atoms with E-state index < -0.39 is 0 Å². The Morgan fingerprint density at radius 2 is 2.15 bits per heavy atom. The van der Waals surface area contributed by atoms with E-state index in [1.54, 1.807) is 6.20 Å². The minimum absolute atomic E-state index is 0.0886. The molecule has 1 aromatic carbocycles. The van der Waals surface area contributed by atoms with Crippen LogP contribution in [-0.4, -0.2) is 11.0 Å². The molecule has 1 aromatic heterocycles. The second-order valence-corrected chi connectivity index (χ2v) is 5.62. The second-order valence-electron chi connectivity index (χ2n) is 4.71. The highest BCUT2D eigenvalue weighted by molar-refractivity contribution is 9.10. The first-order valence-corrected chi connectivity index (χ1v) is 7.27. The highest BCUT2D eigenvalue weighted by Crippen LogP contribution is 2.17. The van der Waals surface area contributed by atoms with Crippen LogP contribution in [0.4, 0.5) is 4.39 Å². The van der Waals surface area contributed by atoms with E-state index in [0.717, 1.165) is 28.6 Å². The van der Waals surface area contributed by atoms with E-state index in [9.17, 15) is 4.39 Å². The Morgan fingerprint density at radius 3 is 2.80 bits per heavy atom. The Hall–Kier alpha value is -1.30. The van der Waals surface area contributed by atoms with Crippen molar-refractivity contribution in [3.05, 3.63) is 64.1 Å². The van der Waals surface area contributed by atoms with Crippen LogP contribution in [0.3, 0.4) is 0 Å². The summed E-state index contributed by atoms with van der Waals surface area (Å²) in [6.45, 7) is 0. The smallest absolute Gasteiger partial charge is 0.124 e. The second kappa shape index (κ2) is 7.47. The van der Waals surface area contributed by atoms with Crippen molar-refractivity contribution in [1.82, 2.24) is 10.4 Å². The summed E-state index contributed by atoms with van der Waals surface area (Å²) in [5.74, 6) is 5.34. The topological polar surface area (TPSA) is 50.9 Å². The highest BCUT2D eigenvalue weighted by Gasteiger charge is 2.10. The maximum Gasteiger partial charge on any atom is 0.124 e. The average molecular weight is 338 g/mol. The lowest BCUT2D eigenvalue weighted by Gasteiger charge is -2.16. The quantitative estimate of drug-likeness (QED) is 0.629. The molecule has 0 fully saturated rings. The summed E-state index contributed by atoms with van der Waals surface area (Å²) >= 11 is 3.30. The zero-order valence-electron chi connectivity index (χ0n) is 11.0. The van der Waals surface area contributed by atoms with Crippen LogP contribution in [0.25, 0.3) is 0 Å². The van der Waals surface area contributed by atoms with Crippen LogP contribution in [-0.2, 0) is 12.8 Å². The van der Waals surface area contributed by atoms with Gasteiger partial charge in [-0.2, -0.15) is 0 Å². The molecule has 0 amide bonds. The Bertz CT molecular complexity index is 528. The van der Waals surface area contributed by atoms with E-state index in [2.05, 4.69) is 26.3 Å². The molecule has 1 unspecified atom stereocenters. The molecule has 20 heavy (non-hydrogen) atoms. The fraction of sp³-hybridized carbons (Fsp3) is 0.267. The number of hydrazine groups is 1. The molecule has 0 saturated heterocycles. The van der Waals surface area contributed by atoms with Crippen LogP contribution in [0.2, 0.25) is 0 Å². The van der Waals surface area contributed by atoms with E-state index in [4.69, 9.17) is 5.84 Å². The molecule has 0 bridgehead atoms. The summed E-state index contributed by atoms with van der Waals surface area (Å²) in [6, 6.07) is 10.8. The average Bonchev–Trinajstić information content (AvgIpc) is 2.43. The van der Waals surface area contributed by atoms with E-state index in [1.165, 1.54) is 12.1 Å². The Kier molecular flexibility index (Phi) is 5.64. The van der Waals surface area contributed by atoms with Gasteiger partial charge in [-0.3, -0.25) is 16.3 Å². The summed E-state index contributed by atoms with van der Waals surface area (Å²) < 4.78 is 14.1. The molecule has 5 heteroatoms. The third-order valence-electron chi connectivity index (χ3n) is 3.12. The lowest BCUT2D eigenvalue weighted by atomic mass is 10.0. The molecule has 1 heterocycles. The molecule has 0 radical (unpaired) electrons. The molecule has 106 valence electrons. The molecule has 0 aliphatic heterocycles. The fourth-order valence-corrected chi connectivity index (χ4v) is 2.64. The lowest BCUT2D eigenvalue weighted by Crippen LogP contribution is -2.37. The number of hydrogen-bond acceptors (Lipinski definition) is 3. The molecule has 1 atom stereocenters. The standard InChI is InChI=1S/C15H17BrFN3/c16-12-7-11(8-13(17)10-12)9-15(20-18)5-4-14-3-1-2-6-19-14/h1-3,6-8,10,15,20H,4-5,9,18H2. The largest absolute Gasteiger partial charge is 0.271 e. The van der Waals surface area contributed by atoms with Gasteiger partial charge < -0.3 is 0 Å². The van der Waals surface area contributed by atoms with Crippen molar-refractivity contribution in [2.45, 2.75) is 25.3 Å². The number of benzene rings is 1. The number of rotatable bonds is 6. The zero-order valence-corrected chi connectivity index (χ0v) is 12.6. The summed E-state index contributed by atoms with van der Waals surface area (Å²) in [5.41, 5.74) is 4.75. The Morgan fingerprint density at radius 1 is 1.30 bits per heavy atom. The number of aromatic nitrogens is 1. The summed E-state index contributed by atoms with van der Waals surface area (Å²) in [6.07, 6.45) is 4.15. The first-order valence-electron chi connectivity index (χ1n) is 6.48. The number of nitrogens with one attached hydrogen (secondary N) is 1. The number of halogens is 2. The summed E-state index contributed by atoms with van der Waals surface area (Å²) in [5, 5.41) is 0. The van der Waals surface area contributed by atoms with Gasteiger partial charge in [0.15, 0.2) is 0 Å². The zero-order chi connectivity index (χ0) is 14.4. The van der Waals surface area contributed by atoms with Gasteiger partial charge in [0.25, 0.3) is 0 Å². The number of nitrogens with zero attached hydrogens (tertiary/aromatic N) is 1. The molecule has 3 N–H and O–H groups in total. The SMILES string of the molecule is NNC(CCc1ccccn1)Cc1cc(F)cc(Br)c1. The van der Waals surface area contributed by atoms with Gasteiger partial charge in [0.1, 0.15) is 5.82 Å². The molecular formula is C15H17BrFN3. The molecule has 0 saturated carbocycles. The molecule has 0 aliphatic carbocycles. The van der Waals surface area contributed by atoms with Gasteiger partial charge in [-0.25, -0.2) is 4.39 Å². The number of pyridine rings is 1. The Balaban J connectivity index is 1.95. The minimum atomic E-state index is -0.241. The number of hydrogen-bond donors (Lipinski definition) is 2. The Labute approximate surface area is 126 Å². The van der Waals surface area contributed by atoms with Crippen LogP contribution >= 0.6 is 15.9 Å². The van der Waals surface area contributed by atoms with Crippen molar-refractivity contribution < 1.29 is 4.39 Å². The van der Waals surface area contributed by atoms with Crippen LogP contribution in [0, 0.1) is 5.82 Å². The van der Waals surface area contributed by atoms with Crippen molar-refractivity contribution in [1.29, 1.82) is 0 Å². The molecule has 0 aliphatic rings. The van der Waals surface area contributed by atoms with E-state index in [-0.39, 0.29) is 11.9 Å². The normalized spacial score (nSPS) is 12.3. The molecule has 3 nitrogen and oxygen atoms in total. The third-order valence-corrected chi connectivity index (χ3v) is 3.57. The van der Waals surface area contributed by atoms with Gasteiger partial charge in [-0.15, -0.1) is 0 Å². The van der Waals surface area contributed by atoms with Gasteiger partial charge in [0, 0.05) is 22.4 Å². The fourth-order valence-electron chi connectivity index (χ4n) is 2.13. The molecular weight excluding hydrogens is 321 g/mol. The lowest BCUT2D eigenvalue weighted by molar-refractivity contribution is 0.488. The molecule has 2 rings (SSSR count). The molecule has 2 aromatic rings. The van der Waals surface area contributed by atoms with Crippen LogP contribution in [0.5, 0.6) is 0 Å². The predicted molar refractivity (Wildman–Crippen MR) is 81.5 cm³/mol. The van der Waals surface area contributed by atoms with Gasteiger partial charge in [-0.1, -0.05) is 22.0 Å². The summed E-state index contributed by atoms with van der Waals surface area (Å²) in [4.78, 5) is 4.28. The van der Waals surface area contributed by atoms with E-state index >= 15 is 0 Å². The van der Waals surface area contributed by atoms with E-state index in [1.807, 2.05) is 24.3 Å². The van der Waals surface area contributed by atoms with Crippen molar-refractivity contribution in [3.8, 4) is 0 Å².